The lowest BCUT2D eigenvalue weighted by Crippen LogP contribution is -2.46. The number of thioether (sulfide) groups is 1. The number of carbonyl (C=O) groups is 1. The maximum atomic E-state index is 13.3. The van der Waals surface area contributed by atoms with Crippen molar-refractivity contribution in [3.8, 4) is 0 Å². The zero-order valence-corrected chi connectivity index (χ0v) is 11.6. The molecule has 1 heterocycles. The highest BCUT2D eigenvalue weighted by atomic mass is 32.2. The molecule has 1 fully saturated rings. The molecular formula is C13H16F2N2O2S. The van der Waals surface area contributed by atoms with Gasteiger partial charge in [0.25, 0.3) is 0 Å². The number of urea groups is 1. The highest BCUT2D eigenvalue weighted by Gasteiger charge is 2.31. The van der Waals surface area contributed by atoms with E-state index in [0.717, 1.165) is 24.0 Å². The molecule has 1 atom stereocenters. The summed E-state index contributed by atoms with van der Waals surface area (Å²) < 4.78 is 26.3. The van der Waals surface area contributed by atoms with Crippen LogP contribution in [0.1, 0.15) is 12.0 Å². The third-order valence-electron chi connectivity index (χ3n) is 3.11. The quantitative estimate of drug-likeness (QED) is 0.792. The standard InChI is InChI=1S/C13H16F2N2O2S/c14-10-1-2-11(15)9(5-10)6-16-12(18)17-7-13(19)3-4-20-8-13/h1-2,5,19H,3-4,6-8H2,(H2,16,17,18). The van der Waals surface area contributed by atoms with E-state index in [1.165, 1.54) is 0 Å². The van der Waals surface area contributed by atoms with Crippen LogP contribution in [0.5, 0.6) is 0 Å². The molecule has 0 saturated carbocycles. The van der Waals surface area contributed by atoms with Crippen molar-refractivity contribution < 1.29 is 18.7 Å². The first-order valence-electron chi connectivity index (χ1n) is 6.24. The molecule has 0 aliphatic carbocycles. The van der Waals surface area contributed by atoms with E-state index in [-0.39, 0.29) is 18.7 Å². The van der Waals surface area contributed by atoms with Crippen LogP contribution < -0.4 is 10.6 Å². The van der Waals surface area contributed by atoms with Crippen LogP contribution in [0.2, 0.25) is 0 Å². The topological polar surface area (TPSA) is 61.4 Å². The van der Waals surface area contributed by atoms with E-state index in [2.05, 4.69) is 10.6 Å². The Kier molecular flexibility index (Phi) is 4.82. The number of amides is 2. The minimum absolute atomic E-state index is 0.0790. The fraction of sp³-hybridized carbons (Fsp3) is 0.462. The lowest BCUT2D eigenvalue weighted by atomic mass is 10.0. The van der Waals surface area contributed by atoms with Gasteiger partial charge in [-0.05, 0) is 30.4 Å². The molecule has 20 heavy (non-hydrogen) atoms. The molecule has 2 rings (SSSR count). The number of hydrogen-bond donors (Lipinski definition) is 3. The van der Waals surface area contributed by atoms with Gasteiger partial charge in [-0.2, -0.15) is 11.8 Å². The number of benzene rings is 1. The van der Waals surface area contributed by atoms with Crippen molar-refractivity contribution in [3.05, 3.63) is 35.4 Å². The molecule has 0 bridgehead atoms. The first kappa shape index (κ1) is 15.1. The van der Waals surface area contributed by atoms with E-state index in [4.69, 9.17) is 0 Å². The average Bonchev–Trinajstić information content (AvgIpc) is 2.85. The molecule has 3 N–H and O–H groups in total. The number of carbonyl (C=O) groups excluding carboxylic acids is 1. The van der Waals surface area contributed by atoms with Crippen molar-refractivity contribution >= 4 is 17.8 Å². The van der Waals surface area contributed by atoms with Gasteiger partial charge in [0.2, 0.25) is 0 Å². The summed E-state index contributed by atoms with van der Waals surface area (Å²) in [5.74, 6) is 0.332. The van der Waals surface area contributed by atoms with Gasteiger partial charge in [-0.1, -0.05) is 0 Å². The molecule has 1 aromatic carbocycles. The van der Waals surface area contributed by atoms with E-state index in [9.17, 15) is 18.7 Å². The summed E-state index contributed by atoms with van der Waals surface area (Å²) in [7, 11) is 0. The van der Waals surface area contributed by atoms with Crippen LogP contribution in [-0.2, 0) is 6.54 Å². The summed E-state index contributed by atoms with van der Waals surface area (Å²) in [6, 6.07) is 2.56. The lowest BCUT2D eigenvalue weighted by Gasteiger charge is -2.21. The maximum absolute atomic E-state index is 13.3. The van der Waals surface area contributed by atoms with Crippen LogP contribution in [-0.4, -0.2) is 34.8 Å². The molecule has 1 aliphatic heterocycles. The fourth-order valence-electron chi connectivity index (χ4n) is 1.90. The average molecular weight is 302 g/mol. The van der Waals surface area contributed by atoms with Crippen LogP contribution in [0.25, 0.3) is 0 Å². The van der Waals surface area contributed by atoms with Crippen LogP contribution in [0.4, 0.5) is 13.6 Å². The molecular weight excluding hydrogens is 286 g/mol. The van der Waals surface area contributed by atoms with E-state index in [1.807, 2.05) is 0 Å². The monoisotopic (exact) mass is 302 g/mol. The Bertz CT molecular complexity index is 493. The van der Waals surface area contributed by atoms with Gasteiger partial charge in [0.15, 0.2) is 0 Å². The lowest BCUT2D eigenvalue weighted by molar-refractivity contribution is 0.0700. The summed E-state index contributed by atoms with van der Waals surface area (Å²) in [5, 5.41) is 15.0. The Balaban J connectivity index is 1.79. The zero-order chi connectivity index (χ0) is 14.6. The highest BCUT2D eigenvalue weighted by molar-refractivity contribution is 7.99. The fourth-order valence-corrected chi connectivity index (χ4v) is 3.19. The predicted octanol–water partition coefficient (Wildman–Crippen LogP) is 1.63. The van der Waals surface area contributed by atoms with E-state index < -0.39 is 23.3 Å². The zero-order valence-electron chi connectivity index (χ0n) is 10.8. The van der Waals surface area contributed by atoms with Gasteiger partial charge in [-0.25, -0.2) is 13.6 Å². The van der Waals surface area contributed by atoms with Gasteiger partial charge >= 0.3 is 6.03 Å². The molecule has 110 valence electrons. The largest absolute Gasteiger partial charge is 0.387 e. The Hall–Kier alpha value is -1.34. The SMILES string of the molecule is O=C(NCc1cc(F)ccc1F)NCC1(O)CCSC1. The van der Waals surface area contributed by atoms with Gasteiger partial charge < -0.3 is 15.7 Å². The Labute approximate surface area is 119 Å². The first-order chi connectivity index (χ1) is 9.48. The van der Waals surface area contributed by atoms with Gasteiger partial charge in [-0.15, -0.1) is 0 Å². The number of hydrogen-bond acceptors (Lipinski definition) is 3. The van der Waals surface area contributed by atoms with Gasteiger partial charge in [0, 0.05) is 24.4 Å². The predicted molar refractivity (Wildman–Crippen MR) is 73.5 cm³/mol. The molecule has 2 amide bonds. The minimum atomic E-state index is -0.869. The minimum Gasteiger partial charge on any atom is -0.387 e. The second kappa shape index (κ2) is 6.41. The van der Waals surface area contributed by atoms with Crippen molar-refractivity contribution in [2.75, 3.05) is 18.1 Å². The van der Waals surface area contributed by atoms with Gasteiger partial charge in [-0.3, -0.25) is 0 Å². The first-order valence-corrected chi connectivity index (χ1v) is 7.40. The Morgan fingerprint density at radius 2 is 2.20 bits per heavy atom. The van der Waals surface area contributed by atoms with Gasteiger partial charge in [0.05, 0.1) is 5.60 Å². The highest BCUT2D eigenvalue weighted by Crippen LogP contribution is 2.26. The van der Waals surface area contributed by atoms with Crippen LogP contribution in [0.15, 0.2) is 18.2 Å². The molecule has 1 aliphatic rings. The molecule has 1 aromatic rings. The van der Waals surface area contributed by atoms with Gasteiger partial charge in [0.1, 0.15) is 11.6 Å². The second-order valence-electron chi connectivity index (χ2n) is 4.80. The van der Waals surface area contributed by atoms with E-state index in [0.29, 0.717) is 12.2 Å². The molecule has 0 aromatic heterocycles. The Morgan fingerprint density at radius 3 is 2.90 bits per heavy atom. The number of nitrogens with one attached hydrogen (secondary N) is 2. The summed E-state index contributed by atoms with van der Waals surface area (Å²) in [5.41, 5.74) is -0.790. The number of rotatable bonds is 4. The van der Waals surface area contributed by atoms with Crippen molar-refractivity contribution in [2.45, 2.75) is 18.6 Å². The van der Waals surface area contributed by atoms with Crippen LogP contribution >= 0.6 is 11.8 Å². The van der Waals surface area contributed by atoms with Crippen LogP contribution in [0.3, 0.4) is 0 Å². The van der Waals surface area contributed by atoms with Crippen molar-refractivity contribution in [1.29, 1.82) is 0 Å². The molecule has 0 radical (unpaired) electrons. The molecule has 1 unspecified atom stereocenters. The molecule has 4 nitrogen and oxygen atoms in total. The Morgan fingerprint density at radius 1 is 1.40 bits per heavy atom. The van der Waals surface area contributed by atoms with Crippen molar-refractivity contribution in [2.24, 2.45) is 0 Å². The molecule has 0 spiro atoms. The second-order valence-corrected chi connectivity index (χ2v) is 5.90. The van der Waals surface area contributed by atoms with Crippen molar-refractivity contribution in [3.63, 3.8) is 0 Å². The smallest absolute Gasteiger partial charge is 0.315 e. The third-order valence-corrected chi connectivity index (χ3v) is 4.34. The van der Waals surface area contributed by atoms with Crippen molar-refractivity contribution in [1.82, 2.24) is 10.6 Å². The number of aliphatic hydroxyl groups is 1. The molecule has 7 heteroatoms. The maximum Gasteiger partial charge on any atom is 0.315 e. The normalized spacial score (nSPS) is 21.8. The van der Waals surface area contributed by atoms with E-state index in [1.54, 1.807) is 11.8 Å². The van der Waals surface area contributed by atoms with Crippen LogP contribution in [0, 0.1) is 11.6 Å². The summed E-state index contributed by atoms with van der Waals surface area (Å²) in [6.07, 6.45) is 0.635. The summed E-state index contributed by atoms with van der Waals surface area (Å²) in [4.78, 5) is 11.6. The summed E-state index contributed by atoms with van der Waals surface area (Å²) in [6.45, 7) is 0.0417. The third kappa shape index (κ3) is 4.08. The molecule has 1 saturated heterocycles. The number of halogens is 2. The summed E-state index contributed by atoms with van der Waals surface area (Å²) >= 11 is 1.63. The van der Waals surface area contributed by atoms with E-state index >= 15 is 0 Å².